The summed E-state index contributed by atoms with van der Waals surface area (Å²) in [4.78, 5) is 27.9. The fourth-order valence-corrected chi connectivity index (χ4v) is 3.16. The number of aliphatic hydroxyl groups excluding tert-OH is 1. The van der Waals surface area contributed by atoms with Gasteiger partial charge in [0.2, 0.25) is 5.91 Å². The van der Waals surface area contributed by atoms with Crippen molar-refractivity contribution < 1.29 is 14.7 Å². The number of benzene rings is 2. The molecule has 1 aliphatic rings. The lowest BCUT2D eigenvalue weighted by molar-refractivity contribution is -0.144. The van der Waals surface area contributed by atoms with Gasteiger partial charge in [0.1, 0.15) is 12.6 Å². The molecule has 130 valence electrons. The fraction of sp³-hybridized carbons (Fsp3) is 0.263. The number of nitrogens with zero attached hydrogens (tertiary/aromatic N) is 2. The topological polar surface area (TPSA) is 60.9 Å². The average molecular weight is 359 g/mol. The minimum atomic E-state index is -1.15. The third kappa shape index (κ3) is 4.00. The van der Waals surface area contributed by atoms with E-state index in [1.54, 1.807) is 23.1 Å². The fourth-order valence-electron chi connectivity index (χ4n) is 2.92. The van der Waals surface area contributed by atoms with Crippen molar-refractivity contribution in [3.63, 3.8) is 0 Å². The van der Waals surface area contributed by atoms with E-state index in [4.69, 9.17) is 11.6 Å². The van der Waals surface area contributed by atoms with Crippen LogP contribution in [0.25, 0.3) is 0 Å². The molecule has 0 aliphatic carbocycles. The van der Waals surface area contributed by atoms with Crippen LogP contribution in [0.3, 0.4) is 0 Å². The molecule has 1 fully saturated rings. The van der Waals surface area contributed by atoms with Crippen LogP contribution in [-0.4, -0.2) is 47.6 Å². The van der Waals surface area contributed by atoms with Crippen LogP contribution in [0.2, 0.25) is 5.02 Å². The van der Waals surface area contributed by atoms with Crippen LogP contribution in [0.1, 0.15) is 5.56 Å². The summed E-state index contributed by atoms with van der Waals surface area (Å²) in [7, 11) is 0. The van der Waals surface area contributed by atoms with E-state index in [2.05, 4.69) is 0 Å². The molecule has 0 radical (unpaired) electrons. The smallest absolute Gasteiger partial charge is 0.252 e. The summed E-state index contributed by atoms with van der Waals surface area (Å²) in [6.45, 7) is 0.657. The molecule has 25 heavy (non-hydrogen) atoms. The number of halogens is 1. The van der Waals surface area contributed by atoms with Gasteiger partial charge in [-0.15, -0.1) is 0 Å². The number of amides is 2. The van der Waals surface area contributed by atoms with Crippen LogP contribution in [0, 0.1) is 0 Å². The van der Waals surface area contributed by atoms with Crippen LogP contribution in [-0.2, 0) is 16.0 Å². The van der Waals surface area contributed by atoms with Crippen LogP contribution < -0.4 is 4.90 Å². The van der Waals surface area contributed by atoms with Gasteiger partial charge >= 0.3 is 0 Å². The number of aliphatic hydroxyl groups is 1. The highest BCUT2D eigenvalue weighted by Crippen LogP contribution is 2.26. The maximum absolute atomic E-state index is 12.4. The Balaban J connectivity index is 1.63. The Bertz CT molecular complexity index is 766. The maximum Gasteiger partial charge on any atom is 0.252 e. The van der Waals surface area contributed by atoms with Gasteiger partial charge in [0.15, 0.2) is 0 Å². The first kappa shape index (κ1) is 17.5. The minimum absolute atomic E-state index is 0.0596. The summed E-state index contributed by atoms with van der Waals surface area (Å²) < 4.78 is 0. The van der Waals surface area contributed by atoms with E-state index in [0.717, 1.165) is 5.56 Å². The van der Waals surface area contributed by atoms with Gasteiger partial charge < -0.3 is 14.9 Å². The number of piperazine rings is 1. The summed E-state index contributed by atoms with van der Waals surface area (Å²) in [5, 5.41) is 10.7. The molecule has 1 saturated heterocycles. The number of carbonyl (C=O) groups is 2. The van der Waals surface area contributed by atoms with E-state index < -0.39 is 12.0 Å². The summed E-state index contributed by atoms with van der Waals surface area (Å²) >= 11 is 6.15. The molecule has 1 atom stereocenters. The first-order valence-electron chi connectivity index (χ1n) is 8.12. The van der Waals surface area contributed by atoms with Crippen molar-refractivity contribution >= 4 is 29.1 Å². The molecule has 1 heterocycles. The molecule has 2 aromatic carbocycles. The molecule has 0 unspecified atom stereocenters. The van der Waals surface area contributed by atoms with E-state index >= 15 is 0 Å². The van der Waals surface area contributed by atoms with Crippen molar-refractivity contribution in [2.45, 2.75) is 12.5 Å². The van der Waals surface area contributed by atoms with Crippen molar-refractivity contribution in [1.29, 1.82) is 0 Å². The minimum Gasteiger partial charge on any atom is -0.383 e. The van der Waals surface area contributed by atoms with E-state index in [1.807, 2.05) is 36.4 Å². The van der Waals surface area contributed by atoms with Gasteiger partial charge in [-0.05, 0) is 17.7 Å². The van der Waals surface area contributed by atoms with Crippen molar-refractivity contribution in [1.82, 2.24) is 4.90 Å². The molecule has 0 spiro atoms. The third-order valence-electron chi connectivity index (χ3n) is 4.23. The zero-order valence-corrected chi connectivity index (χ0v) is 14.4. The second-order valence-corrected chi connectivity index (χ2v) is 6.37. The molecule has 2 amide bonds. The largest absolute Gasteiger partial charge is 0.383 e. The molecule has 1 N–H and O–H groups in total. The number of carbonyl (C=O) groups excluding carboxylic acids is 2. The van der Waals surface area contributed by atoms with E-state index in [0.29, 0.717) is 23.8 Å². The Morgan fingerprint density at radius 2 is 1.76 bits per heavy atom. The van der Waals surface area contributed by atoms with Gasteiger partial charge in [0.05, 0.1) is 10.7 Å². The highest BCUT2D eigenvalue weighted by atomic mass is 35.5. The lowest BCUT2D eigenvalue weighted by Crippen LogP contribution is -2.54. The third-order valence-corrected chi connectivity index (χ3v) is 4.55. The lowest BCUT2D eigenvalue weighted by atomic mass is 10.1. The predicted octanol–water partition coefficient (Wildman–Crippen LogP) is 2.12. The first-order chi connectivity index (χ1) is 12.1. The number of rotatable bonds is 4. The molecule has 0 aromatic heterocycles. The van der Waals surface area contributed by atoms with Crippen molar-refractivity contribution in [2.75, 3.05) is 24.5 Å². The molecular formula is C19H19ClN2O3. The van der Waals surface area contributed by atoms with E-state index in [9.17, 15) is 14.7 Å². The summed E-state index contributed by atoms with van der Waals surface area (Å²) in [6.07, 6.45) is -0.916. The Hall–Kier alpha value is -2.37. The Morgan fingerprint density at radius 3 is 2.44 bits per heavy atom. The Kier molecular flexibility index (Phi) is 5.36. The average Bonchev–Trinajstić information content (AvgIpc) is 2.62. The summed E-state index contributed by atoms with van der Waals surface area (Å²) in [6, 6.07) is 16.4. The zero-order valence-electron chi connectivity index (χ0n) is 13.6. The van der Waals surface area contributed by atoms with Crippen LogP contribution in [0.15, 0.2) is 54.6 Å². The first-order valence-corrected chi connectivity index (χ1v) is 8.49. The summed E-state index contributed by atoms with van der Waals surface area (Å²) in [5.74, 6) is -0.629. The van der Waals surface area contributed by atoms with Gasteiger partial charge in [0.25, 0.3) is 5.91 Å². The molecule has 2 aromatic rings. The Labute approximate surface area is 151 Å². The van der Waals surface area contributed by atoms with Gasteiger partial charge in [0, 0.05) is 19.5 Å². The molecule has 5 nitrogen and oxygen atoms in total. The summed E-state index contributed by atoms with van der Waals surface area (Å²) in [5.41, 5.74) is 1.52. The monoisotopic (exact) mass is 358 g/mol. The standard InChI is InChI=1S/C19H19ClN2O3/c20-15-8-4-5-9-16(15)22-11-10-21(13-18(22)24)19(25)17(23)12-14-6-2-1-3-7-14/h1-9,17,23H,10-13H2/t17-/m0/s1. The normalized spacial score (nSPS) is 16.0. The molecule has 3 rings (SSSR count). The molecule has 0 bridgehead atoms. The van der Waals surface area contributed by atoms with Gasteiger partial charge in [-0.2, -0.15) is 0 Å². The number of hydrogen-bond donors (Lipinski definition) is 1. The second kappa shape index (κ2) is 7.68. The van der Waals surface area contributed by atoms with Crippen molar-refractivity contribution in [3.8, 4) is 0 Å². The lowest BCUT2D eigenvalue weighted by Gasteiger charge is -2.35. The van der Waals surface area contributed by atoms with Gasteiger partial charge in [-0.25, -0.2) is 0 Å². The van der Waals surface area contributed by atoms with E-state index in [-0.39, 0.29) is 18.9 Å². The van der Waals surface area contributed by atoms with Crippen molar-refractivity contribution in [2.24, 2.45) is 0 Å². The molecular weight excluding hydrogens is 340 g/mol. The van der Waals surface area contributed by atoms with Crippen molar-refractivity contribution in [3.05, 3.63) is 65.2 Å². The molecule has 0 saturated carbocycles. The number of para-hydroxylation sites is 1. The second-order valence-electron chi connectivity index (χ2n) is 5.96. The van der Waals surface area contributed by atoms with Gasteiger partial charge in [-0.1, -0.05) is 54.1 Å². The van der Waals surface area contributed by atoms with Crippen LogP contribution >= 0.6 is 11.6 Å². The van der Waals surface area contributed by atoms with Crippen LogP contribution in [0.4, 0.5) is 5.69 Å². The molecule has 6 heteroatoms. The zero-order chi connectivity index (χ0) is 17.8. The maximum atomic E-state index is 12.4. The van der Waals surface area contributed by atoms with Gasteiger partial charge in [-0.3, -0.25) is 9.59 Å². The number of anilines is 1. The highest BCUT2D eigenvalue weighted by molar-refractivity contribution is 6.33. The van der Waals surface area contributed by atoms with Crippen LogP contribution in [0.5, 0.6) is 0 Å². The SMILES string of the molecule is O=C([C@@H](O)Cc1ccccc1)N1CCN(c2ccccc2Cl)C(=O)C1. The molecule has 1 aliphatic heterocycles. The highest BCUT2D eigenvalue weighted by Gasteiger charge is 2.31. The van der Waals surface area contributed by atoms with E-state index in [1.165, 1.54) is 4.90 Å². The quantitative estimate of drug-likeness (QED) is 0.910. The number of hydrogen-bond acceptors (Lipinski definition) is 3. The Morgan fingerprint density at radius 1 is 1.08 bits per heavy atom. The predicted molar refractivity (Wildman–Crippen MR) is 96.5 cm³/mol.